The Labute approximate surface area is 158 Å². The van der Waals surface area contributed by atoms with Gasteiger partial charge in [-0.1, -0.05) is 6.07 Å². The highest BCUT2D eigenvalue weighted by Crippen LogP contribution is 2.22. The van der Waals surface area contributed by atoms with E-state index in [-0.39, 0.29) is 22.4 Å². The molecule has 1 saturated heterocycles. The number of nitrogens with zero attached hydrogens (tertiary/aromatic N) is 1. The van der Waals surface area contributed by atoms with Crippen LogP contribution in [0.1, 0.15) is 17.3 Å². The lowest BCUT2D eigenvalue weighted by molar-refractivity contribution is 0.0393. The van der Waals surface area contributed by atoms with Crippen molar-refractivity contribution >= 4 is 21.6 Å². The third-order valence-corrected chi connectivity index (χ3v) is 6.37. The number of ether oxygens (including phenoxy) is 2. The number of hydrogen-bond acceptors (Lipinski definition) is 5. The smallest absolute Gasteiger partial charge is 0.255 e. The van der Waals surface area contributed by atoms with Gasteiger partial charge >= 0.3 is 0 Å². The molecular weight excluding hydrogens is 368 g/mol. The van der Waals surface area contributed by atoms with Crippen molar-refractivity contribution in [3.8, 4) is 5.75 Å². The average Bonchev–Trinajstić information content (AvgIpc) is 2.69. The molecule has 27 heavy (non-hydrogen) atoms. The highest BCUT2D eigenvalue weighted by molar-refractivity contribution is 7.89. The van der Waals surface area contributed by atoms with E-state index in [0.717, 1.165) is 0 Å². The molecule has 1 aliphatic rings. The summed E-state index contributed by atoms with van der Waals surface area (Å²) < 4.78 is 37.7. The largest absolute Gasteiger partial charge is 0.497 e. The maximum absolute atomic E-state index is 12.9. The fraction of sp³-hybridized carbons (Fsp3) is 0.316. The quantitative estimate of drug-likeness (QED) is 0.847. The van der Waals surface area contributed by atoms with Crippen LogP contribution in [-0.4, -0.2) is 51.5 Å². The molecule has 1 amide bonds. The van der Waals surface area contributed by atoms with E-state index in [1.54, 1.807) is 50.4 Å². The molecule has 7 nitrogen and oxygen atoms in total. The number of carbonyl (C=O) groups is 1. The molecule has 2 aromatic rings. The van der Waals surface area contributed by atoms with E-state index in [9.17, 15) is 13.2 Å². The first-order valence-electron chi connectivity index (χ1n) is 8.57. The molecule has 0 radical (unpaired) electrons. The van der Waals surface area contributed by atoms with Crippen LogP contribution in [0, 0.1) is 0 Å². The second-order valence-corrected chi connectivity index (χ2v) is 8.14. The monoisotopic (exact) mass is 390 g/mol. The molecule has 1 N–H and O–H groups in total. The number of hydrogen-bond donors (Lipinski definition) is 1. The van der Waals surface area contributed by atoms with E-state index in [1.165, 1.54) is 16.4 Å². The number of benzene rings is 2. The fourth-order valence-electron chi connectivity index (χ4n) is 2.88. The van der Waals surface area contributed by atoms with Gasteiger partial charge in [-0.3, -0.25) is 4.79 Å². The molecule has 0 bridgehead atoms. The molecule has 0 aliphatic carbocycles. The average molecular weight is 390 g/mol. The van der Waals surface area contributed by atoms with Gasteiger partial charge in [0.15, 0.2) is 0 Å². The second kappa shape index (κ2) is 8.08. The third-order valence-electron chi connectivity index (χ3n) is 4.36. The van der Waals surface area contributed by atoms with E-state index < -0.39 is 10.0 Å². The van der Waals surface area contributed by atoms with Gasteiger partial charge in [0.1, 0.15) is 5.75 Å². The van der Waals surface area contributed by atoms with Gasteiger partial charge in [0, 0.05) is 23.8 Å². The molecule has 0 aromatic heterocycles. The van der Waals surface area contributed by atoms with Crippen LogP contribution < -0.4 is 10.1 Å². The zero-order valence-corrected chi connectivity index (χ0v) is 16.0. The van der Waals surface area contributed by atoms with Crippen LogP contribution >= 0.6 is 0 Å². The summed E-state index contributed by atoms with van der Waals surface area (Å²) in [5.74, 6) is 0.299. The molecule has 1 atom stereocenters. The lowest BCUT2D eigenvalue weighted by Gasteiger charge is -2.32. The maximum Gasteiger partial charge on any atom is 0.255 e. The Morgan fingerprint density at radius 1 is 1.22 bits per heavy atom. The minimum absolute atomic E-state index is 0.0960. The van der Waals surface area contributed by atoms with Crippen LogP contribution in [0.4, 0.5) is 5.69 Å². The minimum atomic E-state index is -3.69. The van der Waals surface area contributed by atoms with Gasteiger partial charge < -0.3 is 14.8 Å². The lowest BCUT2D eigenvalue weighted by Crippen LogP contribution is -2.46. The Balaban J connectivity index is 1.80. The molecule has 3 rings (SSSR count). The summed E-state index contributed by atoms with van der Waals surface area (Å²) in [5, 5.41) is 2.75. The van der Waals surface area contributed by atoms with Crippen molar-refractivity contribution < 1.29 is 22.7 Å². The van der Waals surface area contributed by atoms with E-state index in [2.05, 4.69) is 5.32 Å². The predicted molar refractivity (Wildman–Crippen MR) is 102 cm³/mol. The Morgan fingerprint density at radius 3 is 2.63 bits per heavy atom. The zero-order valence-electron chi connectivity index (χ0n) is 15.2. The van der Waals surface area contributed by atoms with Gasteiger partial charge in [-0.25, -0.2) is 8.42 Å². The molecule has 144 valence electrons. The topological polar surface area (TPSA) is 84.9 Å². The van der Waals surface area contributed by atoms with E-state index in [1.807, 2.05) is 0 Å². The summed E-state index contributed by atoms with van der Waals surface area (Å²) in [5.41, 5.74) is 0.865. The Bertz CT molecular complexity index is 912. The Hall–Kier alpha value is -2.42. The van der Waals surface area contributed by atoms with Crippen molar-refractivity contribution in [3.63, 3.8) is 0 Å². The van der Waals surface area contributed by atoms with Crippen molar-refractivity contribution in [2.45, 2.75) is 17.9 Å². The first-order valence-corrected chi connectivity index (χ1v) is 10.0. The van der Waals surface area contributed by atoms with Crippen molar-refractivity contribution in [2.75, 3.05) is 32.2 Å². The SMILES string of the molecule is COc1ccc(NC(=O)c2cccc(S(=O)(=O)N3CCOCC3C)c2)cc1. The van der Waals surface area contributed by atoms with Gasteiger partial charge in [0.05, 0.1) is 25.2 Å². The second-order valence-electron chi connectivity index (χ2n) is 6.25. The molecule has 1 heterocycles. The van der Waals surface area contributed by atoms with E-state index >= 15 is 0 Å². The number of sulfonamides is 1. The number of methoxy groups -OCH3 is 1. The standard InChI is InChI=1S/C19H22N2O5S/c1-14-13-26-11-10-21(14)27(23,24)18-5-3-4-15(12-18)19(22)20-16-6-8-17(25-2)9-7-16/h3-9,12,14H,10-11,13H2,1-2H3,(H,20,22). The molecule has 1 fully saturated rings. The lowest BCUT2D eigenvalue weighted by atomic mass is 10.2. The number of amides is 1. The van der Waals surface area contributed by atoms with Gasteiger partial charge in [-0.15, -0.1) is 0 Å². The molecular formula is C19H22N2O5S. The number of rotatable bonds is 5. The van der Waals surface area contributed by atoms with E-state index in [0.29, 0.717) is 31.2 Å². The van der Waals surface area contributed by atoms with Crippen LogP contribution in [0.3, 0.4) is 0 Å². The van der Waals surface area contributed by atoms with Gasteiger partial charge in [0.25, 0.3) is 5.91 Å². The first-order chi connectivity index (χ1) is 12.9. The summed E-state index contributed by atoms with van der Waals surface area (Å²) in [6.45, 7) is 2.82. The summed E-state index contributed by atoms with van der Waals surface area (Å²) >= 11 is 0. The minimum Gasteiger partial charge on any atom is -0.497 e. The summed E-state index contributed by atoms with van der Waals surface area (Å²) in [7, 11) is -2.13. The first kappa shape index (κ1) is 19.3. The Morgan fingerprint density at radius 2 is 1.96 bits per heavy atom. The fourth-order valence-corrected chi connectivity index (χ4v) is 4.53. The molecule has 0 spiro atoms. The third kappa shape index (κ3) is 4.29. The summed E-state index contributed by atoms with van der Waals surface area (Å²) in [6, 6.07) is 12.7. The van der Waals surface area contributed by atoms with Gasteiger partial charge in [0.2, 0.25) is 10.0 Å². The van der Waals surface area contributed by atoms with Crippen molar-refractivity contribution in [2.24, 2.45) is 0 Å². The van der Waals surface area contributed by atoms with Gasteiger partial charge in [-0.05, 0) is 49.4 Å². The number of carbonyl (C=O) groups excluding carboxylic acids is 1. The molecule has 0 saturated carbocycles. The van der Waals surface area contributed by atoms with Crippen molar-refractivity contribution in [1.29, 1.82) is 0 Å². The summed E-state index contributed by atoms with van der Waals surface area (Å²) in [4.78, 5) is 12.6. The predicted octanol–water partition coefficient (Wildman–Crippen LogP) is 2.36. The molecule has 2 aromatic carbocycles. The molecule has 1 aliphatic heterocycles. The number of anilines is 1. The van der Waals surface area contributed by atoms with Crippen molar-refractivity contribution in [1.82, 2.24) is 4.31 Å². The number of morpholine rings is 1. The van der Waals surface area contributed by atoms with Crippen LogP contribution in [0.2, 0.25) is 0 Å². The van der Waals surface area contributed by atoms with Crippen LogP contribution in [0.25, 0.3) is 0 Å². The normalized spacial score (nSPS) is 18.1. The van der Waals surface area contributed by atoms with Crippen LogP contribution in [0.5, 0.6) is 5.75 Å². The zero-order chi connectivity index (χ0) is 19.4. The van der Waals surface area contributed by atoms with Crippen LogP contribution in [-0.2, 0) is 14.8 Å². The van der Waals surface area contributed by atoms with Crippen molar-refractivity contribution in [3.05, 3.63) is 54.1 Å². The highest BCUT2D eigenvalue weighted by atomic mass is 32.2. The Kier molecular flexibility index (Phi) is 5.79. The maximum atomic E-state index is 12.9. The molecule has 8 heteroatoms. The highest BCUT2D eigenvalue weighted by Gasteiger charge is 2.31. The van der Waals surface area contributed by atoms with Gasteiger partial charge in [-0.2, -0.15) is 4.31 Å². The number of nitrogens with one attached hydrogen (secondary N) is 1. The van der Waals surface area contributed by atoms with E-state index in [4.69, 9.17) is 9.47 Å². The molecule has 1 unspecified atom stereocenters. The van der Waals surface area contributed by atoms with Crippen LogP contribution in [0.15, 0.2) is 53.4 Å². The summed E-state index contributed by atoms with van der Waals surface area (Å²) in [6.07, 6.45) is 0.